The van der Waals surface area contributed by atoms with Gasteiger partial charge in [0.25, 0.3) is 0 Å². The van der Waals surface area contributed by atoms with E-state index in [0.29, 0.717) is 12.5 Å². The maximum atomic E-state index is 8.91. The molecule has 0 atom stereocenters. The lowest BCUT2D eigenvalue weighted by Crippen LogP contribution is -2.05. The van der Waals surface area contributed by atoms with Gasteiger partial charge in [0.2, 0.25) is 5.13 Å². The number of nitrogens with one attached hydrogen (secondary N) is 2. The van der Waals surface area contributed by atoms with E-state index in [1.807, 2.05) is 18.2 Å². The minimum atomic E-state index is 0.0768. The third-order valence-corrected chi connectivity index (χ3v) is 5.36. The first kappa shape index (κ1) is 16.2. The van der Waals surface area contributed by atoms with Gasteiger partial charge >= 0.3 is 0 Å². The second-order valence-corrected chi connectivity index (χ2v) is 7.17. The minimum Gasteiger partial charge on any atom is -0.395 e. The van der Waals surface area contributed by atoms with Crippen LogP contribution in [0, 0.1) is 0 Å². The lowest BCUT2D eigenvalue weighted by Gasteiger charge is -2.06. The molecule has 0 amide bonds. The van der Waals surface area contributed by atoms with Crippen molar-refractivity contribution in [1.29, 1.82) is 0 Å². The molecule has 25 heavy (non-hydrogen) atoms. The third kappa shape index (κ3) is 3.69. The van der Waals surface area contributed by atoms with Crippen LogP contribution >= 0.6 is 11.3 Å². The van der Waals surface area contributed by atoms with E-state index < -0.39 is 0 Å². The first-order chi connectivity index (χ1) is 12.3. The molecule has 0 unspecified atom stereocenters. The number of nitrogens with zero attached hydrogens (tertiary/aromatic N) is 4. The molecule has 0 aliphatic heterocycles. The Kier molecular flexibility index (Phi) is 4.71. The summed E-state index contributed by atoms with van der Waals surface area (Å²) in [5.41, 5.74) is 2.45. The van der Waals surface area contributed by atoms with E-state index >= 15 is 0 Å². The first-order valence-electron chi connectivity index (χ1n) is 8.54. The van der Waals surface area contributed by atoms with Gasteiger partial charge in [0.15, 0.2) is 0 Å². The molecule has 3 N–H and O–H groups in total. The fraction of sp³-hybridized carbons (Fsp3) is 0.412. The second kappa shape index (κ2) is 7.28. The lowest BCUT2D eigenvalue weighted by atomic mass is 10.1. The van der Waals surface area contributed by atoms with Crippen molar-refractivity contribution in [1.82, 2.24) is 20.2 Å². The van der Waals surface area contributed by atoms with Crippen LogP contribution in [0.2, 0.25) is 0 Å². The maximum absolute atomic E-state index is 8.91. The summed E-state index contributed by atoms with van der Waals surface area (Å²) in [7, 11) is 0. The summed E-state index contributed by atoms with van der Waals surface area (Å²) in [5.74, 6) is 1.30. The molecule has 0 bridgehead atoms. The van der Waals surface area contributed by atoms with Gasteiger partial charge in [-0.25, -0.2) is 4.98 Å². The highest BCUT2D eigenvalue weighted by Gasteiger charge is 2.21. The van der Waals surface area contributed by atoms with Crippen molar-refractivity contribution in [2.75, 3.05) is 23.8 Å². The Labute approximate surface area is 149 Å². The molecule has 1 aliphatic rings. The van der Waals surface area contributed by atoms with Gasteiger partial charge in [-0.2, -0.15) is 0 Å². The minimum absolute atomic E-state index is 0.0768. The maximum Gasteiger partial charge on any atom is 0.211 e. The van der Waals surface area contributed by atoms with Crippen LogP contribution < -0.4 is 10.6 Å². The largest absolute Gasteiger partial charge is 0.395 e. The highest BCUT2D eigenvalue weighted by molar-refractivity contribution is 7.15. The SMILES string of the molecule is OCCNc1cnc2ccc(Nc3nnc(C4CCCC4)s3)nc2c1. The Morgan fingerprint density at radius 2 is 2.04 bits per heavy atom. The van der Waals surface area contributed by atoms with E-state index in [2.05, 4.69) is 30.8 Å². The van der Waals surface area contributed by atoms with E-state index in [-0.39, 0.29) is 6.61 Å². The summed E-state index contributed by atoms with van der Waals surface area (Å²) >= 11 is 1.62. The highest BCUT2D eigenvalue weighted by Crippen LogP contribution is 2.36. The molecule has 0 spiro atoms. The molecule has 4 rings (SSSR count). The zero-order valence-corrected chi connectivity index (χ0v) is 14.6. The van der Waals surface area contributed by atoms with Crippen LogP contribution in [0.5, 0.6) is 0 Å². The molecular weight excluding hydrogens is 336 g/mol. The van der Waals surface area contributed by atoms with Crippen LogP contribution in [0.1, 0.15) is 36.6 Å². The molecule has 8 heteroatoms. The smallest absolute Gasteiger partial charge is 0.211 e. The number of anilines is 3. The normalized spacial score (nSPS) is 14.9. The van der Waals surface area contributed by atoms with Gasteiger partial charge in [0.1, 0.15) is 10.8 Å². The number of aliphatic hydroxyl groups excluding tert-OH is 1. The predicted octanol–water partition coefficient (Wildman–Crippen LogP) is 3.29. The first-order valence-corrected chi connectivity index (χ1v) is 9.35. The zero-order valence-electron chi connectivity index (χ0n) is 13.8. The summed E-state index contributed by atoms with van der Waals surface area (Å²) < 4.78 is 0. The fourth-order valence-corrected chi connectivity index (χ4v) is 4.02. The Bertz CT molecular complexity index is 861. The van der Waals surface area contributed by atoms with Gasteiger partial charge in [0.05, 0.1) is 29.5 Å². The standard InChI is InChI=1S/C17H20N6OS/c24-8-7-18-12-9-14-13(19-10-12)5-6-15(20-14)21-17-23-22-16(25-17)11-3-1-2-4-11/h5-6,9-11,18,24H,1-4,7-8H2,(H,20,21,23). The van der Waals surface area contributed by atoms with Crippen LogP contribution in [-0.4, -0.2) is 38.4 Å². The Hall–Kier alpha value is -2.32. The van der Waals surface area contributed by atoms with Crippen molar-refractivity contribution in [3.8, 4) is 0 Å². The molecule has 1 saturated carbocycles. The van der Waals surface area contributed by atoms with Crippen molar-refractivity contribution >= 4 is 39.0 Å². The molecule has 1 fully saturated rings. The Morgan fingerprint density at radius 3 is 2.88 bits per heavy atom. The molecular formula is C17H20N6OS. The van der Waals surface area contributed by atoms with Crippen LogP contribution in [0.4, 0.5) is 16.6 Å². The van der Waals surface area contributed by atoms with Gasteiger partial charge in [-0.1, -0.05) is 24.2 Å². The second-order valence-electron chi connectivity index (χ2n) is 6.16. The average molecular weight is 356 g/mol. The van der Waals surface area contributed by atoms with Gasteiger partial charge in [-0.15, -0.1) is 10.2 Å². The van der Waals surface area contributed by atoms with Gasteiger partial charge in [-0.05, 0) is 31.0 Å². The van der Waals surface area contributed by atoms with Crippen molar-refractivity contribution in [2.45, 2.75) is 31.6 Å². The number of fused-ring (bicyclic) bond motifs is 1. The lowest BCUT2D eigenvalue weighted by molar-refractivity contribution is 0.311. The third-order valence-electron chi connectivity index (χ3n) is 4.36. The number of aliphatic hydroxyl groups is 1. The molecule has 0 saturated heterocycles. The Morgan fingerprint density at radius 1 is 1.16 bits per heavy atom. The molecule has 1 aliphatic carbocycles. The predicted molar refractivity (Wildman–Crippen MR) is 99.5 cm³/mol. The summed E-state index contributed by atoms with van der Waals surface area (Å²) in [4.78, 5) is 8.99. The quantitative estimate of drug-likeness (QED) is 0.623. The monoisotopic (exact) mass is 356 g/mol. The fourth-order valence-electron chi connectivity index (χ4n) is 3.11. The molecule has 0 radical (unpaired) electrons. The summed E-state index contributed by atoms with van der Waals surface area (Å²) in [6, 6.07) is 5.75. The van der Waals surface area contributed by atoms with E-state index in [9.17, 15) is 0 Å². The van der Waals surface area contributed by atoms with Crippen molar-refractivity contribution in [2.24, 2.45) is 0 Å². The number of aromatic nitrogens is 4. The van der Waals surface area contributed by atoms with E-state index in [1.165, 1.54) is 25.7 Å². The molecule has 7 nitrogen and oxygen atoms in total. The molecule has 3 aromatic rings. The summed E-state index contributed by atoms with van der Waals surface area (Å²) in [6.45, 7) is 0.563. The van der Waals surface area contributed by atoms with E-state index in [4.69, 9.17) is 5.11 Å². The average Bonchev–Trinajstić information content (AvgIpc) is 3.31. The molecule has 3 aromatic heterocycles. The van der Waals surface area contributed by atoms with Crippen molar-refractivity contribution in [3.05, 3.63) is 29.4 Å². The number of rotatable bonds is 6. The van der Waals surface area contributed by atoms with E-state index in [0.717, 1.165) is 32.7 Å². The molecule has 0 aromatic carbocycles. The van der Waals surface area contributed by atoms with Crippen LogP contribution in [0.25, 0.3) is 11.0 Å². The van der Waals surface area contributed by atoms with Crippen LogP contribution in [0.15, 0.2) is 24.4 Å². The highest BCUT2D eigenvalue weighted by atomic mass is 32.1. The Balaban J connectivity index is 1.52. The summed E-state index contributed by atoms with van der Waals surface area (Å²) in [5, 5.41) is 25.7. The van der Waals surface area contributed by atoms with Gasteiger partial charge in [-0.3, -0.25) is 4.98 Å². The summed E-state index contributed by atoms with van der Waals surface area (Å²) in [6.07, 6.45) is 6.76. The number of hydrogen-bond acceptors (Lipinski definition) is 8. The van der Waals surface area contributed by atoms with Crippen molar-refractivity contribution in [3.63, 3.8) is 0 Å². The molecule has 3 heterocycles. The molecule has 130 valence electrons. The zero-order chi connectivity index (χ0) is 17.1. The topological polar surface area (TPSA) is 95.8 Å². The van der Waals surface area contributed by atoms with Gasteiger partial charge in [0, 0.05) is 12.5 Å². The van der Waals surface area contributed by atoms with Crippen molar-refractivity contribution < 1.29 is 5.11 Å². The van der Waals surface area contributed by atoms with E-state index in [1.54, 1.807) is 17.5 Å². The van der Waals surface area contributed by atoms with Crippen LogP contribution in [0.3, 0.4) is 0 Å². The number of pyridine rings is 2. The number of hydrogen-bond donors (Lipinski definition) is 3. The van der Waals surface area contributed by atoms with Gasteiger partial charge < -0.3 is 15.7 Å². The van der Waals surface area contributed by atoms with Crippen LogP contribution in [-0.2, 0) is 0 Å².